The summed E-state index contributed by atoms with van der Waals surface area (Å²) >= 11 is 1.97. The molecule has 0 spiro atoms. The number of phenols is 2. The summed E-state index contributed by atoms with van der Waals surface area (Å²) in [5.74, 6) is 2.83. The Kier molecular flexibility index (Phi) is 8.78. The maximum atomic E-state index is 11.2. The summed E-state index contributed by atoms with van der Waals surface area (Å²) in [5.41, 5.74) is 6.08. The number of thioether (sulfide) groups is 1. The van der Waals surface area contributed by atoms with Gasteiger partial charge in [-0.2, -0.15) is 11.8 Å². The molecule has 0 aromatic heterocycles. The molecule has 0 saturated carbocycles. The van der Waals surface area contributed by atoms with Gasteiger partial charge in [0.15, 0.2) is 0 Å². The second-order valence-corrected chi connectivity index (χ2v) is 12.5. The van der Waals surface area contributed by atoms with Crippen molar-refractivity contribution in [2.45, 2.75) is 98.3 Å². The molecule has 0 aliphatic heterocycles. The van der Waals surface area contributed by atoms with Gasteiger partial charge < -0.3 is 10.2 Å². The maximum absolute atomic E-state index is 11.2. The summed E-state index contributed by atoms with van der Waals surface area (Å²) < 4.78 is 0. The van der Waals surface area contributed by atoms with Gasteiger partial charge in [0.1, 0.15) is 11.5 Å². The van der Waals surface area contributed by atoms with Gasteiger partial charge in [-0.1, -0.05) is 79.2 Å². The lowest BCUT2D eigenvalue weighted by Gasteiger charge is -2.28. The van der Waals surface area contributed by atoms with Crippen LogP contribution < -0.4 is 0 Å². The van der Waals surface area contributed by atoms with Crippen molar-refractivity contribution < 1.29 is 10.2 Å². The Morgan fingerprint density at radius 1 is 0.750 bits per heavy atom. The molecule has 2 N–H and O–H groups in total. The number of phenolic OH excluding ortho intramolecular Hbond substituents is 2. The first-order valence-electron chi connectivity index (χ1n) is 12.0. The van der Waals surface area contributed by atoms with Crippen molar-refractivity contribution >= 4 is 11.8 Å². The molecule has 0 aliphatic rings. The predicted octanol–water partition coefficient (Wildman–Crippen LogP) is 8.36. The first-order valence-corrected chi connectivity index (χ1v) is 13.2. The molecule has 2 nitrogen and oxygen atoms in total. The van der Waals surface area contributed by atoms with Gasteiger partial charge in [-0.15, -0.1) is 0 Å². The van der Waals surface area contributed by atoms with Crippen LogP contribution in [0.5, 0.6) is 11.5 Å². The highest BCUT2D eigenvalue weighted by Crippen LogP contribution is 2.44. The van der Waals surface area contributed by atoms with Crippen LogP contribution >= 0.6 is 11.8 Å². The fourth-order valence-corrected chi connectivity index (χ4v) is 5.14. The van der Waals surface area contributed by atoms with Crippen molar-refractivity contribution in [2.75, 3.05) is 11.5 Å². The molecule has 3 heteroatoms. The molecule has 0 saturated heterocycles. The van der Waals surface area contributed by atoms with E-state index in [1.54, 1.807) is 0 Å². The molecule has 0 heterocycles. The fourth-order valence-electron chi connectivity index (χ4n) is 4.04. The van der Waals surface area contributed by atoms with Crippen LogP contribution in [-0.4, -0.2) is 21.7 Å². The second-order valence-electron chi connectivity index (χ2n) is 11.3. The van der Waals surface area contributed by atoms with Crippen LogP contribution in [0.15, 0.2) is 24.3 Å². The first-order chi connectivity index (χ1) is 14.8. The van der Waals surface area contributed by atoms with Crippen LogP contribution in [0.3, 0.4) is 0 Å². The minimum absolute atomic E-state index is 0.0150. The highest BCUT2D eigenvalue weighted by molar-refractivity contribution is 7.99. The van der Waals surface area contributed by atoms with Gasteiger partial charge in [-0.25, -0.2) is 0 Å². The van der Waals surface area contributed by atoms with E-state index in [2.05, 4.69) is 72.7 Å². The van der Waals surface area contributed by atoms with Crippen molar-refractivity contribution in [2.24, 2.45) is 0 Å². The first kappa shape index (κ1) is 26.6. The SMILES string of the molecule is CCCCSCCC(c1cc(C(C)(C)C)cc(C)c1O)c1cc(C(C)(C)C)cc(C)c1O. The van der Waals surface area contributed by atoms with Crippen LogP contribution in [0.2, 0.25) is 0 Å². The third kappa shape index (κ3) is 6.47. The monoisotopic (exact) mass is 456 g/mol. The molecular weight excluding hydrogens is 412 g/mol. The lowest BCUT2D eigenvalue weighted by atomic mass is 9.78. The fraction of sp³-hybridized carbons (Fsp3) is 0.586. The number of unbranched alkanes of at least 4 members (excludes halogenated alkanes) is 1. The minimum Gasteiger partial charge on any atom is -0.507 e. The average molecular weight is 457 g/mol. The normalized spacial score (nSPS) is 12.6. The highest BCUT2D eigenvalue weighted by Gasteiger charge is 2.27. The zero-order chi connectivity index (χ0) is 24.3. The van der Waals surface area contributed by atoms with E-state index < -0.39 is 0 Å². The molecule has 0 atom stereocenters. The predicted molar refractivity (Wildman–Crippen MR) is 142 cm³/mol. The summed E-state index contributed by atoms with van der Waals surface area (Å²) in [4.78, 5) is 0. The quantitative estimate of drug-likeness (QED) is 0.392. The van der Waals surface area contributed by atoms with Gasteiger partial charge in [-0.3, -0.25) is 0 Å². The second kappa shape index (κ2) is 10.5. The summed E-state index contributed by atoms with van der Waals surface area (Å²) in [7, 11) is 0. The summed E-state index contributed by atoms with van der Waals surface area (Å²) in [6.45, 7) is 19.4. The lowest BCUT2D eigenvalue weighted by Crippen LogP contribution is -2.15. The van der Waals surface area contributed by atoms with Gasteiger partial charge in [-0.05, 0) is 71.3 Å². The zero-order valence-electron chi connectivity index (χ0n) is 21.7. The maximum Gasteiger partial charge on any atom is 0.122 e. The number of hydrogen-bond donors (Lipinski definition) is 2. The highest BCUT2D eigenvalue weighted by atomic mass is 32.2. The smallest absolute Gasteiger partial charge is 0.122 e. The molecule has 0 fully saturated rings. The molecule has 0 bridgehead atoms. The summed E-state index contributed by atoms with van der Waals surface area (Å²) in [6, 6.07) is 8.54. The molecule has 0 unspecified atom stereocenters. The van der Waals surface area contributed by atoms with E-state index in [-0.39, 0.29) is 16.7 Å². The van der Waals surface area contributed by atoms with Crippen LogP contribution in [0.4, 0.5) is 0 Å². The molecule has 2 rings (SSSR count). The van der Waals surface area contributed by atoms with Gasteiger partial charge in [0.25, 0.3) is 0 Å². The molecule has 178 valence electrons. The zero-order valence-corrected chi connectivity index (χ0v) is 22.5. The Morgan fingerprint density at radius 2 is 1.19 bits per heavy atom. The Balaban J connectivity index is 2.66. The number of benzene rings is 2. The number of aryl methyl sites for hydroxylation is 2. The average Bonchev–Trinajstić information content (AvgIpc) is 2.68. The van der Waals surface area contributed by atoms with Crippen LogP contribution in [-0.2, 0) is 10.8 Å². The van der Waals surface area contributed by atoms with Crippen molar-refractivity contribution in [1.82, 2.24) is 0 Å². The van der Waals surface area contributed by atoms with E-state index in [0.717, 1.165) is 40.2 Å². The van der Waals surface area contributed by atoms with E-state index >= 15 is 0 Å². The molecule has 0 radical (unpaired) electrons. The van der Waals surface area contributed by atoms with Gasteiger partial charge in [0.05, 0.1) is 0 Å². The van der Waals surface area contributed by atoms with Crippen LogP contribution in [0.25, 0.3) is 0 Å². The minimum atomic E-state index is -0.0499. The van der Waals surface area contributed by atoms with Crippen molar-refractivity contribution in [3.63, 3.8) is 0 Å². The van der Waals surface area contributed by atoms with E-state index in [4.69, 9.17) is 0 Å². The number of rotatable bonds is 8. The topological polar surface area (TPSA) is 40.5 Å². The van der Waals surface area contributed by atoms with Crippen LogP contribution in [0, 0.1) is 13.8 Å². The van der Waals surface area contributed by atoms with Crippen molar-refractivity contribution in [1.29, 1.82) is 0 Å². The van der Waals surface area contributed by atoms with E-state index in [1.807, 2.05) is 25.6 Å². The van der Waals surface area contributed by atoms with Gasteiger partial charge in [0.2, 0.25) is 0 Å². The van der Waals surface area contributed by atoms with E-state index in [0.29, 0.717) is 11.5 Å². The Morgan fingerprint density at radius 3 is 1.56 bits per heavy atom. The Hall–Kier alpha value is -1.61. The summed E-state index contributed by atoms with van der Waals surface area (Å²) in [6.07, 6.45) is 3.32. The molecule has 2 aromatic rings. The van der Waals surface area contributed by atoms with Crippen molar-refractivity contribution in [3.05, 3.63) is 57.6 Å². The molecule has 2 aromatic carbocycles. The van der Waals surface area contributed by atoms with E-state index in [1.165, 1.54) is 24.0 Å². The summed E-state index contributed by atoms with van der Waals surface area (Å²) in [5, 5.41) is 22.3. The standard InChI is InChI=1S/C29H44O2S/c1-10-11-13-32-14-12-23(24-17-21(28(4,5)6)15-19(2)26(24)30)25-18-22(29(7,8)9)16-20(3)27(25)31/h15-18,23,30-31H,10-14H2,1-9H3. The number of hydrogen-bond acceptors (Lipinski definition) is 3. The molecule has 0 amide bonds. The molecule has 0 aliphatic carbocycles. The number of aromatic hydroxyl groups is 2. The Labute approximate surface area is 200 Å². The Bertz CT molecular complexity index is 847. The third-order valence-corrected chi connectivity index (χ3v) is 7.44. The largest absolute Gasteiger partial charge is 0.507 e. The van der Waals surface area contributed by atoms with Crippen LogP contribution in [0.1, 0.15) is 107 Å². The molecular formula is C29H44O2S. The van der Waals surface area contributed by atoms with E-state index in [9.17, 15) is 10.2 Å². The third-order valence-electron chi connectivity index (χ3n) is 6.34. The van der Waals surface area contributed by atoms with Gasteiger partial charge in [0, 0.05) is 17.0 Å². The van der Waals surface area contributed by atoms with Gasteiger partial charge >= 0.3 is 0 Å². The van der Waals surface area contributed by atoms with Crippen molar-refractivity contribution in [3.8, 4) is 11.5 Å². The lowest BCUT2D eigenvalue weighted by molar-refractivity contribution is 0.446. The molecule has 32 heavy (non-hydrogen) atoms.